The fourth-order valence-corrected chi connectivity index (χ4v) is 3.97. The highest BCUT2D eigenvalue weighted by atomic mass is 32.2. The molecular weight excluding hydrogens is 272 g/mol. The maximum Gasteiger partial charge on any atom is 0.272 e. The van der Waals surface area contributed by atoms with Crippen LogP contribution in [-0.2, 0) is 6.54 Å². The van der Waals surface area contributed by atoms with E-state index in [1.807, 2.05) is 24.8 Å². The highest BCUT2D eigenvalue weighted by Gasteiger charge is 2.24. The van der Waals surface area contributed by atoms with Gasteiger partial charge in [0.05, 0.1) is 4.92 Å². The second-order valence-electron chi connectivity index (χ2n) is 5.29. The minimum absolute atomic E-state index is 0.218. The summed E-state index contributed by atoms with van der Waals surface area (Å²) in [5.74, 6) is 1.18. The first-order chi connectivity index (χ1) is 9.61. The van der Waals surface area contributed by atoms with E-state index in [4.69, 9.17) is 0 Å². The van der Waals surface area contributed by atoms with Crippen LogP contribution in [0.25, 0.3) is 0 Å². The fraction of sp³-hybridized carbons (Fsp3) is 0.600. The second kappa shape index (κ2) is 7.09. The molecule has 1 aromatic carbocycles. The van der Waals surface area contributed by atoms with Gasteiger partial charge in [0.2, 0.25) is 0 Å². The maximum absolute atomic E-state index is 10.9. The van der Waals surface area contributed by atoms with Gasteiger partial charge in [0.1, 0.15) is 0 Å². The van der Waals surface area contributed by atoms with E-state index in [2.05, 4.69) is 12.2 Å². The van der Waals surface area contributed by atoms with Gasteiger partial charge in [0.25, 0.3) is 5.69 Å². The third kappa shape index (κ3) is 3.73. The van der Waals surface area contributed by atoms with E-state index < -0.39 is 0 Å². The molecule has 1 aliphatic rings. The lowest BCUT2D eigenvalue weighted by molar-refractivity contribution is -0.385. The van der Waals surface area contributed by atoms with Crippen molar-refractivity contribution >= 4 is 17.4 Å². The summed E-state index contributed by atoms with van der Waals surface area (Å²) in [6.07, 6.45) is 3.71. The van der Waals surface area contributed by atoms with E-state index in [0.29, 0.717) is 6.04 Å². The van der Waals surface area contributed by atoms with Crippen LogP contribution in [0.1, 0.15) is 37.3 Å². The van der Waals surface area contributed by atoms with Crippen LogP contribution in [0.3, 0.4) is 0 Å². The monoisotopic (exact) mass is 294 g/mol. The second-order valence-corrected chi connectivity index (χ2v) is 6.86. The molecule has 2 atom stereocenters. The van der Waals surface area contributed by atoms with Gasteiger partial charge in [-0.3, -0.25) is 10.1 Å². The number of nitro groups is 1. The van der Waals surface area contributed by atoms with Gasteiger partial charge < -0.3 is 5.32 Å². The molecule has 1 fully saturated rings. The first-order valence-electron chi connectivity index (χ1n) is 7.19. The highest BCUT2D eigenvalue weighted by molar-refractivity contribution is 7.99. The molecule has 4 nitrogen and oxygen atoms in total. The Balaban J connectivity index is 1.92. The molecule has 0 radical (unpaired) electrons. The SMILES string of the molecule is CCSC1CCC(NCc2cccc([N+](=O)[O-])c2C)C1. The fourth-order valence-electron chi connectivity index (χ4n) is 2.83. The van der Waals surface area contributed by atoms with Crippen molar-refractivity contribution in [3.63, 3.8) is 0 Å². The molecule has 1 aromatic rings. The van der Waals surface area contributed by atoms with E-state index in [1.54, 1.807) is 12.1 Å². The van der Waals surface area contributed by atoms with Crippen molar-refractivity contribution in [2.75, 3.05) is 5.75 Å². The number of benzene rings is 1. The lowest BCUT2D eigenvalue weighted by atomic mass is 10.1. The minimum atomic E-state index is -0.303. The summed E-state index contributed by atoms with van der Waals surface area (Å²) in [4.78, 5) is 10.6. The molecule has 0 aliphatic heterocycles. The summed E-state index contributed by atoms with van der Waals surface area (Å²) >= 11 is 2.04. The molecule has 1 saturated carbocycles. The van der Waals surface area contributed by atoms with E-state index in [1.165, 1.54) is 25.0 Å². The Kier molecular flexibility index (Phi) is 5.43. The average molecular weight is 294 g/mol. The Morgan fingerprint density at radius 1 is 1.45 bits per heavy atom. The summed E-state index contributed by atoms with van der Waals surface area (Å²) in [5, 5.41) is 15.3. The van der Waals surface area contributed by atoms with E-state index in [0.717, 1.165) is 22.9 Å². The van der Waals surface area contributed by atoms with E-state index >= 15 is 0 Å². The summed E-state index contributed by atoms with van der Waals surface area (Å²) < 4.78 is 0. The third-order valence-corrected chi connectivity index (χ3v) is 5.22. The van der Waals surface area contributed by atoms with Gasteiger partial charge in [-0.05, 0) is 37.5 Å². The molecule has 1 N–H and O–H groups in total. The summed E-state index contributed by atoms with van der Waals surface area (Å²) in [6.45, 7) is 4.76. The zero-order chi connectivity index (χ0) is 14.5. The zero-order valence-corrected chi connectivity index (χ0v) is 12.9. The number of nitrogens with zero attached hydrogens (tertiary/aromatic N) is 1. The molecule has 0 aromatic heterocycles. The molecule has 2 rings (SSSR count). The Morgan fingerprint density at radius 3 is 2.95 bits per heavy atom. The lowest BCUT2D eigenvalue weighted by Crippen LogP contribution is -2.26. The van der Waals surface area contributed by atoms with Gasteiger partial charge in [-0.25, -0.2) is 0 Å². The molecule has 0 saturated heterocycles. The Morgan fingerprint density at radius 2 is 2.25 bits per heavy atom. The topological polar surface area (TPSA) is 55.2 Å². The number of nitrogens with one attached hydrogen (secondary N) is 1. The van der Waals surface area contributed by atoms with Crippen LogP contribution in [0.2, 0.25) is 0 Å². The quantitative estimate of drug-likeness (QED) is 0.642. The molecule has 0 heterocycles. The summed E-state index contributed by atoms with van der Waals surface area (Å²) in [5.41, 5.74) is 2.03. The van der Waals surface area contributed by atoms with Gasteiger partial charge in [-0.15, -0.1) is 0 Å². The standard InChI is InChI=1S/C15H22N2O2S/c1-3-20-14-8-7-13(9-14)16-10-12-5-4-6-15(11(12)2)17(18)19/h4-6,13-14,16H,3,7-10H2,1-2H3. The zero-order valence-electron chi connectivity index (χ0n) is 12.1. The van der Waals surface area contributed by atoms with Crippen molar-refractivity contribution in [2.45, 2.75) is 50.9 Å². The van der Waals surface area contributed by atoms with Gasteiger partial charge in [0.15, 0.2) is 0 Å². The summed E-state index contributed by atoms with van der Waals surface area (Å²) in [7, 11) is 0. The number of hydrogen-bond donors (Lipinski definition) is 1. The van der Waals surface area contributed by atoms with Crippen LogP contribution in [0.15, 0.2) is 18.2 Å². The lowest BCUT2D eigenvalue weighted by Gasteiger charge is -2.14. The van der Waals surface area contributed by atoms with Crippen LogP contribution in [0, 0.1) is 17.0 Å². The van der Waals surface area contributed by atoms with Crippen LogP contribution in [0.5, 0.6) is 0 Å². The smallest absolute Gasteiger partial charge is 0.272 e. The van der Waals surface area contributed by atoms with Crippen molar-refractivity contribution in [3.8, 4) is 0 Å². The van der Waals surface area contributed by atoms with Gasteiger partial charge >= 0.3 is 0 Å². The molecule has 1 aliphatic carbocycles. The number of thioether (sulfide) groups is 1. The third-order valence-electron chi connectivity index (χ3n) is 3.98. The number of rotatable bonds is 6. The molecule has 110 valence electrons. The molecule has 0 bridgehead atoms. The van der Waals surface area contributed by atoms with E-state index in [-0.39, 0.29) is 10.6 Å². The van der Waals surface area contributed by atoms with Crippen LogP contribution >= 0.6 is 11.8 Å². The molecule has 5 heteroatoms. The number of hydrogen-bond acceptors (Lipinski definition) is 4. The van der Waals surface area contributed by atoms with E-state index in [9.17, 15) is 10.1 Å². The highest BCUT2D eigenvalue weighted by Crippen LogP contribution is 2.30. The Labute approximate surface area is 124 Å². The van der Waals surface area contributed by atoms with Crippen molar-refractivity contribution in [1.82, 2.24) is 5.32 Å². The van der Waals surface area contributed by atoms with Gasteiger partial charge in [0, 0.05) is 29.5 Å². The average Bonchev–Trinajstić information content (AvgIpc) is 2.85. The van der Waals surface area contributed by atoms with Crippen LogP contribution in [-0.4, -0.2) is 22.0 Å². The predicted molar refractivity (Wildman–Crippen MR) is 84.2 cm³/mol. The number of nitro benzene ring substituents is 1. The normalized spacial score (nSPS) is 22.1. The first-order valence-corrected chi connectivity index (χ1v) is 8.24. The Hall–Kier alpha value is -1.07. The minimum Gasteiger partial charge on any atom is -0.310 e. The Bertz CT molecular complexity index is 479. The molecule has 20 heavy (non-hydrogen) atoms. The van der Waals surface area contributed by atoms with Crippen LogP contribution in [0.4, 0.5) is 5.69 Å². The molecule has 2 unspecified atom stereocenters. The molecular formula is C15H22N2O2S. The maximum atomic E-state index is 10.9. The predicted octanol–water partition coefficient (Wildman–Crippen LogP) is 3.67. The van der Waals surface area contributed by atoms with Gasteiger partial charge in [-0.1, -0.05) is 19.1 Å². The van der Waals surface area contributed by atoms with Crippen molar-refractivity contribution in [2.24, 2.45) is 0 Å². The van der Waals surface area contributed by atoms with Crippen LogP contribution < -0.4 is 5.32 Å². The summed E-state index contributed by atoms with van der Waals surface area (Å²) in [6, 6.07) is 5.87. The van der Waals surface area contributed by atoms with Crippen molar-refractivity contribution < 1.29 is 4.92 Å². The molecule has 0 spiro atoms. The van der Waals surface area contributed by atoms with Crippen molar-refractivity contribution in [3.05, 3.63) is 39.4 Å². The van der Waals surface area contributed by atoms with Crippen molar-refractivity contribution in [1.29, 1.82) is 0 Å². The first kappa shape index (κ1) is 15.3. The van der Waals surface area contributed by atoms with Gasteiger partial charge in [-0.2, -0.15) is 11.8 Å². The molecule has 0 amide bonds. The largest absolute Gasteiger partial charge is 0.310 e.